The summed E-state index contributed by atoms with van der Waals surface area (Å²) in [4.78, 5) is 10.3. The third-order valence-corrected chi connectivity index (χ3v) is 9.88. The molecule has 0 spiro atoms. The lowest BCUT2D eigenvalue weighted by molar-refractivity contribution is 0.661. The second kappa shape index (κ2) is 10.6. The van der Waals surface area contributed by atoms with Crippen LogP contribution >= 0.6 is 0 Å². The maximum atomic E-state index is 5.15. The number of nitrogens with zero attached hydrogens (tertiary/aromatic N) is 2. The van der Waals surface area contributed by atoms with Gasteiger partial charge in [-0.15, -0.1) is 0 Å². The molecule has 1 aliphatic carbocycles. The normalized spacial score (nSPS) is 13.1. The molecule has 0 aliphatic heterocycles. The number of benzene rings is 7. The van der Waals surface area contributed by atoms with Gasteiger partial charge in [0.05, 0.1) is 11.4 Å². The Morgan fingerprint density at radius 2 is 0.915 bits per heavy atom. The number of rotatable bonds is 4. The monoisotopic (exact) mass is 600 g/mol. The average molecular weight is 601 g/mol. The van der Waals surface area contributed by atoms with Gasteiger partial charge in [0.2, 0.25) is 0 Å². The van der Waals surface area contributed by atoms with Crippen molar-refractivity contribution in [1.82, 2.24) is 9.97 Å². The van der Waals surface area contributed by atoms with E-state index in [4.69, 9.17) is 9.97 Å². The van der Waals surface area contributed by atoms with E-state index in [1.807, 2.05) is 12.1 Å². The summed E-state index contributed by atoms with van der Waals surface area (Å²) in [6.07, 6.45) is 0. The molecule has 0 N–H and O–H groups in total. The van der Waals surface area contributed by atoms with Gasteiger partial charge < -0.3 is 0 Å². The highest BCUT2D eigenvalue weighted by atomic mass is 14.9. The molecule has 8 aromatic rings. The van der Waals surface area contributed by atoms with Crippen LogP contribution in [0.25, 0.3) is 77.7 Å². The largest absolute Gasteiger partial charge is 0.228 e. The Bertz CT molecular complexity index is 2420. The van der Waals surface area contributed by atoms with Crippen molar-refractivity contribution >= 4 is 21.5 Å². The average Bonchev–Trinajstić information content (AvgIpc) is 3.35. The van der Waals surface area contributed by atoms with Crippen LogP contribution in [0.5, 0.6) is 0 Å². The summed E-state index contributed by atoms with van der Waals surface area (Å²) in [6.45, 7) is 4.70. The van der Waals surface area contributed by atoms with Crippen molar-refractivity contribution < 1.29 is 0 Å². The first-order valence-electron chi connectivity index (χ1n) is 16.3. The second-order valence-electron chi connectivity index (χ2n) is 13.0. The molecule has 0 amide bonds. The number of fused-ring (bicyclic) bond motifs is 5. The highest BCUT2D eigenvalue weighted by Gasteiger charge is 2.35. The van der Waals surface area contributed by atoms with Gasteiger partial charge in [0, 0.05) is 22.1 Å². The Labute approximate surface area is 275 Å². The Balaban J connectivity index is 1.22. The molecule has 2 nitrogen and oxygen atoms in total. The molecule has 0 fully saturated rings. The highest BCUT2D eigenvalue weighted by molar-refractivity contribution is 6.05. The molecule has 222 valence electrons. The summed E-state index contributed by atoms with van der Waals surface area (Å²) in [7, 11) is 0. The first kappa shape index (κ1) is 27.5. The molecule has 1 aromatic heterocycles. The van der Waals surface area contributed by atoms with Gasteiger partial charge in [0.15, 0.2) is 5.82 Å². The van der Waals surface area contributed by atoms with Crippen LogP contribution in [0.3, 0.4) is 0 Å². The van der Waals surface area contributed by atoms with Crippen molar-refractivity contribution in [3.8, 4) is 56.2 Å². The van der Waals surface area contributed by atoms with Crippen LogP contribution in [0, 0.1) is 0 Å². The van der Waals surface area contributed by atoms with Gasteiger partial charge in [-0.1, -0.05) is 141 Å². The molecule has 2 heteroatoms. The molecule has 0 atom stereocenters. The van der Waals surface area contributed by atoms with Crippen LogP contribution in [-0.2, 0) is 5.41 Å². The van der Waals surface area contributed by atoms with E-state index >= 15 is 0 Å². The fourth-order valence-electron chi connectivity index (χ4n) is 7.43. The third-order valence-electron chi connectivity index (χ3n) is 9.88. The summed E-state index contributed by atoms with van der Waals surface area (Å²) in [6, 6.07) is 56.5. The van der Waals surface area contributed by atoms with Gasteiger partial charge in [-0.05, 0) is 85.3 Å². The smallest absolute Gasteiger partial charge is 0.161 e. The van der Waals surface area contributed by atoms with Crippen LogP contribution in [0.15, 0.2) is 158 Å². The molecule has 9 rings (SSSR count). The molecule has 0 radical (unpaired) electrons. The van der Waals surface area contributed by atoms with Crippen molar-refractivity contribution in [2.24, 2.45) is 0 Å². The van der Waals surface area contributed by atoms with E-state index in [0.717, 1.165) is 39.3 Å². The van der Waals surface area contributed by atoms with Crippen LogP contribution in [0.1, 0.15) is 25.0 Å². The minimum Gasteiger partial charge on any atom is -0.228 e. The topological polar surface area (TPSA) is 25.8 Å². The zero-order valence-electron chi connectivity index (χ0n) is 26.4. The number of hydrogen-bond donors (Lipinski definition) is 0. The first-order chi connectivity index (χ1) is 23.0. The van der Waals surface area contributed by atoms with Crippen LogP contribution in [0.2, 0.25) is 0 Å². The minimum atomic E-state index is -0.0588. The van der Waals surface area contributed by atoms with Gasteiger partial charge in [0.1, 0.15) is 0 Å². The first-order valence-corrected chi connectivity index (χ1v) is 16.3. The third kappa shape index (κ3) is 4.48. The molecular weight excluding hydrogens is 569 g/mol. The minimum absolute atomic E-state index is 0.0588. The van der Waals surface area contributed by atoms with Gasteiger partial charge in [-0.25, -0.2) is 9.97 Å². The zero-order valence-corrected chi connectivity index (χ0v) is 26.4. The predicted octanol–water partition coefficient (Wildman–Crippen LogP) is 11.8. The molecule has 0 bridgehead atoms. The Hall–Kier alpha value is -5.86. The fourth-order valence-corrected chi connectivity index (χ4v) is 7.43. The van der Waals surface area contributed by atoms with E-state index in [9.17, 15) is 0 Å². The number of aromatic nitrogens is 2. The van der Waals surface area contributed by atoms with Crippen LogP contribution in [0.4, 0.5) is 0 Å². The van der Waals surface area contributed by atoms with Crippen molar-refractivity contribution in [2.45, 2.75) is 19.3 Å². The lowest BCUT2D eigenvalue weighted by atomic mass is 9.81. The van der Waals surface area contributed by atoms with Crippen molar-refractivity contribution in [1.29, 1.82) is 0 Å². The Morgan fingerprint density at radius 3 is 1.57 bits per heavy atom. The molecular formula is C45H32N2. The summed E-state index contributed by atoms with van der Waals surface area (Å²) in [5.41, 5.74) is 12.8. The molecule has 0 saturated carbocycles. The van der Waals surface area contributed by atoms with Gasteiger partial charge in [-0.3, -0.25) is 0 Å². The Morgan fingerprint density at radius 1 is 0.383 bits per heavy atom. The van der Waals surface area contributed by atoms with E-state index in [1.54, 1.807) is 0 Å². The van der Waals surface area contributed by atoms with E-state index in [1.165, 1.54) is 49.5 Å². The zero-order chi connectivity index (χ0) is 31.5. The Kier molecular flexibility index (Phi) is 6.20. The number of hydrogen-bond acceptors (Lipinski definition) is 2. The maximum absolute atomic E-state index is 5.15. The molecule has 1 heterocycles. The second-order valence-corrected chi connectivity index (χ2v) is 13.0. The summed E-state index contributed by atoms with van der Waals surface area (Å²) >= 11 is 0. The quantitative estimate of drug-likeness (QED) is 0.201. The predicted molar refractivity (Wildman–Crippen MR) is 196 cm³/mol. The standard InChI is InChI=1S/C45H32N2/c1-45(2)40-24-21-33(26-38(40)39-25-31-17-9-10-18-32(31)27-41(39)45)34-22-23-37(36-20-12-11-19-35(34)36)44-46-42(29-13-5-3-6-14-29)28-43(47-44)30-15-7-4-8-16-30/h3-28H,1-2H3. The maximum Gasteiger partial charge on any atom is 0.161 e. The van der Waals surface area contributed by atoms with Crippen molar-refractivity contribution in [3.63, 3.8) is 0 Å². The fraction of sp³-hybridized carbons (Fsp3) is 0.0667. The molecule has 1 aliphatic rings. The van der Waals surface area contributed by atoms with Crippen LogP contribution in [-0.4, -0.2) is 9.97 Å². The van der Waals surface area contributed by atoms with Crippen molar-refractivity contribution in [3.05, 3.63) is 169 Å². The van der Waals surface area contributed by atoms with Gasteiger partial charge in [0.25, 0.3) is 0 Å². The van der Waals surface area contributed by atoms with E-state index in [-0.39, 0.29) is 5.41 Å². The van der Waals surface area contributed by atoms with Gasteiger partial charge >= 0.3 is 0 Å². The van der Waals surface area contributed by atoms with E-state index < -0.39 is 0 Å². The summed E-state index contributed by atoms with van der Waals surface area (Å²) < 4.78 is 0. The SMILES string of the molecule is CC1(C)c2ccc(-c3ccc(-c4nc(-c5ccccc5)cc(-c5ccccc5)n4)c4ccccc34)cc2-c2cc3ccccc3cc21. The van der Waals surface area contributed by atoms with E-state index in [2.05, 4.69) is 159 Å². The molecule has 0 saturated heterocycles. The molecule has 47 heavy (non-hydrogen) atoms. The highest BCUT2D eigenvalue weighted by Crippen LogP contribution is 2.51. The molecule has 7 aromatic carbocycles. The van der Waals surface area contributed by atoms with Gasteiger partial charge in [-0.2, -0.15) is 0 Å². The lowest BCUT2D eigenvalue weighted by Gasteiger charge is -2.22. The van der Waals surface area contributed by atoms with Crippen molar-refractivity contribution in [2.75, 3.05) is 0 Å². The summed E-state index contributed by atoms with van der Waals surface area (Å²) in [5.74, 6) is 0.726. The van der Waals surface area contributed by atoms with E-state index in [0.29, 0.717) is 0 Å². The lowest BCUT2D eigenvalue weighted by Crippen LogP contribution is -2.14. The molecule has 0 unspecified atom stereocenters. The summed E-state index contributed by atoms with van der Waals surface area (Å²) in [5, 5.41) is 4.91. The van der Waals surface area contributed by atoms with Crippen LogP contribution < -0.4 is 0 Å².